The minimum Gasteiger partial charge on any atom is -0.317 e. The van der Waals surface area contributed by atoms with Crippen LogP contribution in [0.15, 0.2) is 4.34 Å². The Labute approximate surface area is 100 Å². The number of rotatable bonds is 8. The third-order valence-corrected chi connectivity index (χ3v) is 3.97. The lowest BCUT2D eigenvalue weighted by Crippen LogP contribution is -2.15. The Bertz CT molecular complexity index is 263. The van der Waals surface area contributed by atoms with Crippen molar-refractivity contribution < 1.29 is 0 Å². The van der Waals surface area contributed by atoms with Gasteiger partial charge in [0.1, 0.15) is 5.01 Å². The molecule has 0 aliphatic rings. The molecule has 0 saturated carbocycles. The van der Waals surface area contributed by atoms with Gasteiger partial charge in [-0.25, -0.2) is 0 Å². The SMILES string of the molecule is CCCNCCCCSc1nnc(C)s1. The van der Waals surface area contributed by atoms with Crippen molar-refractivity contribution in [2.24, 2.45) is 0 Å². The van der Waals surface area contributed by atoms with Crippen LogP contribution in [0.5, 0.6) is 0 Å². The van der Waals surface area contributed by atoms with Gasteiger partial charge in [0.15, 0.2) is 4.34 Å². The second-order valence-electron chi connectivity index (χ2n) is 3.39. The number of thioether (sulfide) groups is 1. The van der Waals surface area contributed by atoms with Gasteiger partial charge in [-0.05, 0) is 39.3 Å². The van der Waals surface area contributed by atoms with Gasteiger partial charge < -0.3 is 5.32 Å². The number of hydrogen-bond acceptors (Lipinski definition) is 5. The van der Waals surface area contributed by atoms with Crippen molar-refractivity contribution in [3.8, 4) is 0 Å². The molecule has 5 heteroatoms. The van der Waals surface area contributed by atoms with E-state index < -0.39 is 0 Å². The molecule has 0 aliphatic heterocycles. The van der Waals surface area contributed by atoms with Crippen LogP contribution in [0.25, 0.3) is 0 Å². The van der Waals surface area contributed by atoms with Crippen molar-refractivity contribution in [3.63, 3.8) is 0 Å². The fourth-order valence-electron chi connectivity index (χ4n) is 1.15. The predicted molar refractivity (Wildman–Crippen MR) is 67.8 cm³/mol. The van der Waals surface area contributed by atoms with Crippen molar-refractivity contribution in [1.82, 2.24) is 15.5 Å². The van der Waals surface area contributed by atoms with Crippen molar-refractivity contribution in [2.75, 3.05) is 18.8 Å². The molecular weight excluding hydrogens is 226 g/mol. The smallest absolute Gasteiger partial charge is 0.174 e. The standard InChI is InChI=1S/C10H19N3S2/c1-3-6-11-7-4-5-8-14-10-13-12-9(2)15-10/h11H,3-8H2,1-2H3. The summed E-state index contributed by atoms with van der Waals surface area (Å²) in [6.45, 7) is 6.48. The molecule has 0 aliphatic carbocycles. The lowest BCUT2D eigenvalue weighted by molar-refractivity contribution is 0.635. The van der Waals surface area contributed by atoms with Gasteiger partial charge in [-0.15, -0.1) is 10.2 Å². The quantitative estimate of drug-likeness (QED) is 0.564. The summed E-state index contributed by atoms with van der Waals surface area (Å²) in [5.74, 6) is 1.16. The average molecular weight is 245 g/mol. The molecule has 15 heavy (non-hydrogen) atoms. The molecule has 1 rings (SSSR count). The van der Waals surface area contributed by atoms with E-state index in [0.29, 0.717) is 0 Å². The molecule has 86 valence electrons. The third-order valence-electron chi connectivity index (χ3n) is 1.91. The number of unbranched alkanes of at least 4 members (excludes halogenated alkanes) is 1. The zero-order chi connectivity index (χ0) is 10.9. The minimum absolute atomic E-state index is 1.06. The summed E-state index contributed by atoms with van der Waals surface area (Å²) in [5.41, 5.74) is 0. The minimum atomic E-state index is 1.06. The highest BCUT2D eigenvalue weighted by Crippen LogP contribution is 2.22. The van der Waals surface area contributed by atoms with E-state index in [0.717, 1.165) is 28.2 Å². The number of aromatic nitrogens is 2. The fraction of sp³-hybridized carbons (Fsp3) is 0.800. The lowest BCUT2D eigenvalue weighted by atomic mass is 10.3. The second kappa shape index (κ2) is 8.07. The summed E-state index contributed by atoms with van der Waals surface area (Å²) in [4.78, 5) is 0. The first-order chi connectivity index (χ1) is 7.33. The van der Waals surface area contributed by atoms with Crippen LogP contribution in [-0.4, -0.2) is 29.0 Å². The normalized spacial score (nSPS) is 10.8. The van der Waals surface area contributed by atoms with Gasteiger partial charge in [-0.3, -0.25) is 0 Å². The highest BCUT2D eigenvalue weighted by Gasteiger charge is 1.99. The van der Waals surface area contributed by atoms with E-state index in [2.05, 4.69) is 22.4 Å². The molecule has 0 aromatic carbocycles. The topological polar surface area (TPSA) is 37.8 Å². The second-order valence-corrected chi connectivity index (χ2v) is 5.92. The Morgan fingerprint density at radius 3 is 2.80 bits per heavy atom. The Balaban J connectivity index is 1.93. The number of aryl methyl sites for hydroxylation is 1. The molecular formula is C10H19N3S2. The molecule has 0 radical (unpaired) electrons. The Hall–Kier alpha value is -0.130. The maximum absolute atomic E-state index is 4.08. The van der Waals surface area contributed by atoms with E-state index in [1.54, 1.807) is 11.3 Å². The van der Waals surface area contributed by atoms with Crippen LogP contribution in [-0.2, 0) is 0 Å². The van der Waals surface area contributed by atoms with E-state index in [4.69, 9.17) is 0 Å². The summed E-state index contributed by atoms with van der Waals surface area (Å²) in [7, 11) is 0. The molecule has 0 spiro atoms. The molecule has 3 nitrogen and oxygen atoms in total. The molecule has 0 fully saturated rings. The molecule has 1 N–H and O–H groups in total. The first-order valence-electron chi connectivity index (χ1n) is 5.46. The Morgan fingerprint density at radius 1 is 1.27 bits per heavy atom. The van der Waals surface area contributed by atoms with Gasteiger partial charge in [0, 0.05) is 5.75 Å². The molecule has 1 aromatic rings. The predicted octanol–water partition coefficient (Wildman–Crippen LogP) is 2.72. The molecule has 0 amide bonds. The zero-order valence-electron chi connectivity index (χ0n) is 9.45. The molecule has 0 unspecified atom stereocenters. The van der Waals surface area contributed by atoms with Crippen LogP contribution in [0, 0.1) is 6.92 Å². The zero-order valence-corrected chi connectivity index (χ0v) is 11.1. The number of hydrogen-bond donors (Lipinski definition) is 1. The van der Waals surface area contributed by atoms with Gasteiger partial charge in [0.25, 0.3) is 0 Å². The van der Waals surface area contributed by atoms with Crippen molar-refractivity contribution in [2.45, 2.75) is 37.4 Å². The van der Waals surface area contributed by atoms with Crippen LogP contribution in [0.1, 0.15) is 31.2 Å². The maximum Gasteiger partial charge on any atom is 0.174 e. The van der Waals surface area contributed by atoms with Gasteiger partial charge in [0.05, 0.1) is 0 Å². The monoisotopic (exact) mass is 245 g/mol. The molecule has 1 heterocycles. The number of nitrogens with zero attached hydrogens (tertiary/aromatic N) is 2. The fourth-order valence-corrected chi connectivity index (χ4v) is 3.04. The van der Waals surface area contributed by atoms with E-state index >= 15 is 0 Å². The van der Waals surface area contributed by atoms with E-state index in [-0.39, 0.29) is 0 Å². The van der Waals surface area contributed by atoms with Crippen LogP contribution in [0.3, 0.4) is 0 Å². The first-order valence-corrected chi connectivity index (χ1v) is 7.26. The largest absolute Gasteiger partial charge is 0.317 e. The first kappa shape index (κ1) is 12.9. The summed E-state index contributed by atoms with van der Waals surface area (Å²) in [5, 5.41) is 12.5. The molecule has 0 bridgehead atoms. The van der Waals surface area contributed by atoms with Crippen molar-refractivity contribution >= 4 is 23.1 Å². The molecule has 0 saturated heterocycles. The third kappa shape index (κ3) is 6.12. The maximum atomic E-state index is 4.08. The molecule has 1 aromatic heterocycles. The Kier molecular flexibility index (Phi) is 6.96. The van der Waals surface area contributed by atoms with Crippen LogP contribution in [0.4, 0.5) is 0 Å². The van der Waals surface area contributed by atoms with E-state index in [9.17, 15) is 0 Å². The van der Waals surface area contributed by atoms with Gasteiger partial charge in [0.2, 0.25) is 0 Å². The summed E-state index contributed by atoms with van der Waals surface area (Å²) < 4.78 is 1.11. The van der Waals surface area contributed by atoms with Gasteiger partial charge in [-0.1, -0.05) is 30.0 Å². The average Bonchev–Trinajstić information content (AvgIpc) is 2.63. The number of nitrogens with one attached hydrogen (secondary N) is 1. The summed E-state index contributed by atoms with van der Waals surface area (Å²) in [6, 6.07) is 0. The van der Waals surface area contributed by atoms with E-state index in [1.165, 1.54) is 19.3 Å². The van der Waals surface area contributed by atoms with Crippen LogP contribution in [0.2, 0.25) is 0 Å². The van der Waals surface area contributed by atoms with Crippen LogP contribution >= 0.6 is 23.1 Å². The van der Waals surface area contributed by atoms with Gasteiger partial charge >= 0.3 is 0 Å². The Morgan fingerprint density at radius 2 is 2.13 bits per heavy atom. The van der Waals surface area contributed by atoms with Crippen LogP contribution < -0.4 is 5.32 Å². The van der Waals surface area contributed by atoms with Crippen molar-refractivity contribution in [3.05, 3.63) is 5.01 Å². The van der Waals surface area contributed by atoms with Gasteiger partial charge in [-0.2, -0.15) is 0 Å². The summed E-state index contributed by atoms with van der Waals surface area (Å²) in [6.07, 6.45) is 3.73. The summed E-state index contributed by atoms with van der Waals surface area (Å²) >= 11 is 3.51. The lowest BCUT2D eigenvalue weighted by Gasteiger charge is -2.01. The highest BCUT2D eigenvalue weighted by molar-refractivity contribution is 8.01. The molecule has 0 atom stereocenters. The van der Waals surface area contributed by atoms with E-state index in [1.807, 2.05) is 18.7 Å². The van der Waals surface area contributed by atoms with Crippen molar-refractivity contribution in [1.29, 1.82) is 0 Å². The highest BCUT2D eigenvalue weighted by atomic mass is 32.2.